The Bertz CT molecular complexity index is 401. The van der Waals surface area contributed by atoms with Crippen LogP contribution in [0.5, 0.6) is 0 Å². The maximum atomic E-state index is 13.2. The fourth-order valence-corrected chi connectivity index (χ4v) is 2.19. The molecule has 2 rings (SSSR count). The van der Waals surface area contributed by atoms with E-state index in [0.717, 1.165) is 31.6 Å². The standard InChI is InChI=1S/C14H21FN2/c1-14(2,10-16)6-8-17-7-5-11-3-4-12(15)9-13(11)17/h3-4,9H,5-8,10,16H2,1-2H3. The van der Waals surface area contributed by atoms with Crippen LogP contribution in [0.1, 0.15) is 25.8 Å². The van der Waals surface area contributed by atoms with Gasteiger partial charge in [0.1, 0.15) is 5.82 Å². The van der Waals surface area contributed by atoms with Gasteiger partial charge >= 0.3 is 0 Å². The second kappa shape index (κ2) is 4.65. The first-order valence-electron chi connectivity index (χ1n) is 6.25. The van der Waals surface area contributed by atoms with Crippen molar-refractivity contribution in [3.8, 4) is 0 Å². The van der Waals surface area contributed by atoms with Crippen molar-refractivity contribution in [3.05, 3.63) is 29.6 Å². The zero-order chi connectivity index (χ0) is 12.5. The molecule has 1 aliphatic rings. The van der Waals surface area contributed by atoms with Gasteiger partial charge in [0.25, 0.3) is 0 Å². The molecule has 0 aliphatic carbocycles. The lowest BCUT2D eigenvalue weighted by molar-refractivity contribution is 0.350. The van der Waals surface area contributed by atoms with E-state index in [0.29, 0.717) is 6.54 Å². The molecule has 0 aromatic heterocycles. The van der Waals surface area contributed by atoms with E-state index in [4.69, 9.17) is 5.73 Å². The van der Waals surface area contributed by atoms with E-state index in [1.807, 2.05) is 6.07 Å². The molecule has 0 atom stereocenters. The molecule has 0 saturated heterocycles. The molecule has 1 aromatic carbocycles. The van der Waals surface area contributed by atoms with Gasteiger partial charge in [0.15, 0.2) is 0 Å². The molecule has 2 nitrogen and oxygen atoms in total. The third-order valence-electron chi connectivity index (χ3n) is 3.65. The lowest BCUT2D eigenvalue weighted by Crippen LogP contribution is -2.30. The van der Waals surface area contributed by atoms with Gasteiger partial charge in [0, 0.05) is 18.8 Å². The van der Waals surface area contributed by atoms with Gasteiger partial charge in [-0.25, -0.2) is 4.39 Å². The smallest absolute Gasteiger partial charge is 0.125 e. The molecule has 2 N–H and O–H groups in total. The number of nitrogens with zero attached hydrogens (tertiary/aromatic N) is 1. The van der Waals surface area contributed by atoms with Gasteiger partial charge in [0.05, 0.1) is 0 Å². The summed E-state index contributed by atoms with van der Waals surface area (Å²) < 4.78 is 13.2. The molecule has 0 unspecified atom stereocenters. The molecule has 0 radical (unpaired) electrons. The van der Waals surface area contributed by atoms with Crippen LogP contribution in [-0.2, 0) is 6.42 Å². The van der Waals surface area contributed by atoms with Crippen LogP contribution in [0.15, 0.2) is 18.2 Å². The van der Waals surface area contributed by atoms with Crippen molar-refractivity contribution >= 4 is 5.69 Å². The molecule has 0 amide bonds. The Labute approximate surface area is 103 Å². The number of hydrogen-bond donors (Lipinski definition) is 1. The van der Waals surface area contributed by atoms with E-state index in [9.17, 15) is 4.39 Å². The van der Waals surface area contributed by atoms with E-state index in [2.05, 4.69) is 18.7 Å². The van der Waals surface area contributed by atoms with Crippen LogP contribution in [-0.4, -0.2) is 19.6 Å². The summed E-state index contributed by atoms with van der Waals surface area (Å²) in [5, 5.41) is 0. The second-order valence-electron chi connectivity index (χ2n) is 5.63. The van der Waals surface area contributed by atoms with E-state index in [-0.39, 0.29) is 11.2 Å². The Morgan fingerprint density at radius 2 is 2.18 bits per heavy atom. The van der Waals surface area contributed by atoms with Crippen LogP contribution in [0.2, 0.25) is 0 Å². The van der Waals surface area contributed by atoms with Gasteiger partial charge in [-0.3, -0.25) is 0 Å². The molecule has 3 heteroatoms. The molecular weight excluding hydrogens is 215 g/mol. The van der Waals surface area contributed by atoms with Gasteiger partial charge in [-0.15, -0.1) is 0 Å². The lowest BCUT2D eigenvalue weighted by atomic mass is 9.89. The van der Waals surface area contributed by atoms with Crippen molar-refractivity contribution in [1.29, 1.82) is 0 Å². The number of benzene rings is 1. The number of nitrogens with two attached hydrogens (primary N) is 1. The van der Waals surface area contributed by atoms with Crippen LogP contribution in [0.25, 0.3) is 0 Å². The minimum Gasteiger partial charge on any atom is -0.371 e. The molecule has 0 spiro atoms. The number of anilines is 1. The largest absolute Gasteiger partial charge is 0.371 e. The maximum absolute atomic E-state index is 13.2. The Morgan fingerprint density at radius 3 is 2.88 bits per heavy atom. The van der Waals surface area contributed by atoms with Crippen LogP contribution in [0, 0.1) is 11.2 Å². The monoisotopic (exact) mass is 236 g/mol. The highest BCUT2D eigenvalue weighted by atomic mass is 19.1. The Balaban J connectivity index is 2.04. The quantitative estimate of drug-likeness (QED) is 0.870. The maximum Gasteiger partial charge on any atom is 0.125 e. The number of halogens is 1. The van der Waals surface area contributed by atoms with Crippen molar-refractivity contribution in [2.45, 2.75) is 26.7 Å². The molecule has 1 aliphatic heterocycles. The summed E-state index contributed by atoms with van der Waals surface area (Å²) in [7, 11) is 0. The lowest BCUT2D eigenvalue weighted by Gasteiger charge is -2.27. The highest BCUT2D eigenvalue weighted by Crippen LogP contribution is 2.30. The summed E-state index contributed by atoms with van der Waals surface area (Å²) >= 11 is 0. The Kier molecular flexibility index (Phi) is 3.38. The zero-order valence-corrected chi connectivity index (χ0v) is 10.7. The molecule has 1 aromatic rings. The summed E-state index contributed by atoms with van der Waals surface area (Å²) in [6.45, 7) is 7.00. The van der Waals surface area contributed by atoms with Crippen LogP contribution >= 0.6 is 0 Å². The highest BCUT2D eigenvalue weighted by molar-refractivity contribution is 5.58. The molecular formula is C14H21FN2. The minimum absolute atomic E-state index is 0.145. The topological polar surface area (TPSA) is 29.3 Å². The van der Waals surface area contributed by atoms with Crippen molar-refractivity contribution in [1.82, 2.24) is 0 Å². The fourth-order valence-electron chi connectivity index (χ4n) is 2.19. The van der Waals surface area contributed by atoms with Crippen LogP contribution in [0.4, 0.5) is 10.1 Å². The van der Waals surface area contributed by atoms with Crippen molar-refractivity contribution in [2.75, 3.05) is 24.5 Å². The number of rotatable bonds is 4. The molecule has 1 heterocycles. The molecule has 17 heavy (non-hydrogen) atoms. The molecule has 0 bridgehead atoms. The first-order chi connectivity index (χ1) is 8.02. The predicted octanol–water partition coefficient (Wildman–Crippen LogP) is 2.56. The summed E-state index contributed by atoms with van der Waals surface area (Å²) in [5.41, 5.74) is 8.22. The Morgan fingerprint density at radius 1 is 1.41 bits per heavy atom. The van der Waals surface area contributed by atoms with Gasteiger partial charge in [-0.05, 0) is 42.5 Å². The first-order valence-corrected chi connectivity index (χ1v) is 6.25. The SMILES string of the molecule is CC(C)(CN)CCN1CCc2ccc(F)cc21. The summed E-state index contributed by atoms with van der Waals surface area (Å²) in [4.78, 5) is 2.27. The number of hydrogen-bond acceptors (Lipinski definition) is 2. The van der Waals surface area contributed by atoms with Gasteiger partial charge in [-0.2, -0.15) is 0 Å². The van der Waals surface area contributed by atoms with E-state index >= 15 is 0 Å². The van der Waals surface area contributed by atoms with Gasteiger partial charge < -0.3 is 10.6 Å². The third kappa shape index (κ3) is 2.78. The molecule has 0 fully saturated rings. The highest BCUT2D eigenvalue weighted by Gasteiger charge is 2.22. The fraction of sp³-hybridized carbons (Fsp3) is 0.571. The van der Waals surface area contributed by atoms with Crippen LogP contribution < -0.4 is 10.6 Å². The summed E-state index contributed by atoms with van der Waals surface area (Å²) in [6, 6.07) is 5.10. The zero-order valence-electron chi connectivity index (χ0n) is 10.7. The Hall–Kier alpha value is -1.09. The third-order valence-corrected chi connectivity index (χ3v) is 3.65. The summed E-state index contributed by atoms with van der Waals surface area (Å²) in [6.07, 6.45) is 2.07. The van der Waals surface area contributed by atoms with Crippen LogP contribution in [0.3, 0.4) is 0 Å². The van der Waals surface area contributed by atoms with E-state index in [1.165, 1.54) is 5.56 Å². The average Bonchev–Trinajstić information content (AvgIpc) is 2.69. The normalized spacial score (nSPS) is 15.2. The van der Waals surface area contributed by atoms with Crippen molar-refractivity contribution < 1.29 is 4.39 Å². The van der Waals surface area contributed by atoms with E-state index in [1.54, 1.807) is 12.1 Å². The average molecular weight is 236 g/mol. The van der Waals surface area contributed by atoms with Gasteiger partial charge in [0.2, 0.25) is 0 Å². The predicted molar refractivity (Wildman–Crippen MR) is 69.8 cm³/mol. The molecule has 94 valence electrons. The minimum atomic E-state index is -0.145. The van der Waals surface area contributed by atoms with Gasteiger partial charge in [-0.1, -0.05) is 19.9 Å². The first kappa shape index (κ1) is 12.4. The number of fused-ring (bicyclic) bond motifs is 1. The van der Waals surface area contributed by atoms with Crippen molar-refractivity contribution in [3.63, 3.8) is 0 Å². The molecule has 0 saturated carbocycles. The van der Waals surface area contributed by atoms with E-state index < -0.39 is 0 Å². The second-order valence-corrected chi connectivity index (χ2v) is 5.63. The summed E-state index contributed by atoms with van der Waals surface area (Å²) in [5.74, 6) is -0.145. The van der Waals surface area contributed by atoms with Crippen molar-refractivity contribution in [2.24, 2.45) is 11.1 Å².